The first kappa shape index (κ1) is 18.0. The molecule has 2 unspecified atom stereocenters. The van der Waals surface area contributed by atoms with Crippen LogP contribution in [0, 0.1) is 0 Å². The Hall–Kier alpha value is -2.05. The molecule has 0 aromatic rings. The molecule has 0 spiro atoms. The summed E-state index contributed by atoms with van der Waals surface area (Å²) in [5.74, 6) is -0.0696. The molecule has 2 fully saturated rings. The normalized spacial score (nSPS) is 32.5. The number of nitrogens with zero attached hydrogens (tertiary/aromatic N) is 3. The Kier molecular flexibility index (Phi) is 4.77. The summed E-state index contributed by atoms with van der Waals surface area (Å²) in [7, 11) is 2.24. The predicted octanol–water partition coefficient (Wildman–Crippen LogP) is 2.53. The lowest BCUT2D eigenvalue weighted by Crippen LogP contribution is -2.56. The summed E-state index contributed by atoms with van der Waals surface area (Å²) < 4.78 is 5.42. The molecule has 28 heavy (non-hydrogen) atoms. The van der Waals surface area contributed by atoms with Gasteiger partial charge in [0, 0.05) is 30.1 Å². The molecule has 0 aromatic carbocycles. The molecule has 2 saturated heterocycles. The molecule has 4 heterocycles. The fraction of sp³-hybridized carbons (Fsp3) is 0.591. The minimum Gasteiger partial charge on any atom is -0.377 e. The molecule has 6 heteroatoms. The van der Waals surface area contributed by atoms with E-state index in [2.05, 4.69) is 45.7 Å². The molecule has 1 N–H and O–H groups in total. The van der Waals surface area contributed by atoms with Gasteiger partial charge in [0.25, 0.3) is 5.91 Å². The van der Waals surface area contributed by atoms with E-state index in [0.29, 0.717) is 24.4 Å². The zero-order valence-electron chi connectivity index (χ0n) is 16.5. The van der Waals surface area contributed by atoms with Gasteiger partial charge < -0.3 is 15.0 Å². The van der Waals surface area contributed by atoms with E-state index in [4.69, 9.17) is 4.74 Å². The molecule has 1 amide bonds. The topological polar surface area (TPSA) is 66.3 Å². The third-order valence-corrected chi connectivity index (χ3v) is 6.88. The molecule has 4 aliphatic heterocycles. The lowest BCUT2D eigenvalue weighted by atomic mass is 9.82. The van der Waals surface area contributed by atoms with Gasteiger partial charge in [0.2, 0.25) is 0 Å². The highest BCUT2D eigenvalue weighted by atomic mass is 16.5. The van der Waals surface area contributed by atoms with Crippen molar-refractivity contribution in [3.8, 4) is 0 Å². The van der Waals surface area contributed by atoms with Crippen LogP contribution < -0.4 is 5.32 Å². The first-order chi connectivity index (χ1) is 13.7. The van der Waals surface area contributed by atoms with E-state index < -0.39 is 0 Å². The fourth-order valence-electron chi connectivity index (χ4n) is 5.25. The van der Waals surface area contributed by atoms with Gasteiger partial charge in [0.15, 0.2) is 5.71 Å². The van der Waals surface area contributed by atoms with Gasteiger partial charge in [-0.2, -0.15) is 5.10 Å². The third kappa shape index (κ3) is 3.29. The molecule has 2 atom stereocenters. The Morgan fingerprint density at radius 2 is 2.04 bits per heavy atom. The summed E-state index contributed by atoms with van der Waals surface area (Å²) in [6, 6.07) is 1.43. The van der Waals surface area contributed by atoms with Crippen molar-refractivity contribution in [1.29, 1.82) is 0 Å². The number of ether oxygens (including phenoxy) is 1. The molecule has 148 valence electrons. The molecule has 5 aliphatic rings. The Balaban J connectivity index is 1.29. The van der Waals surface area contributed by atoms with Gasteiger partial charge in [-0.25, -0.2) is 0 Å². The van der Waals surface area contributed by atoms with Crippen molar-refractivity contribution in [3.63, 3.8) is 0 Å². The van der Waals surface area contributed by atoms with Crippen LogP contribution in [0.25, 0.3) is 0 Å². The van der Waals surface area contributed by atoms with Crippen molar-refractivity contribution < 1.29 is 9.53 Å². The van der Waals surface area contributed by atoms with Gasteiger partial charge in [0.1, 0.15) is 0 Å². The van der Waals surface area contributed by atoms with Crippen LogP contribution in [-0.4, -0.2) is 60.6 Å². The molecule has 6 nitrogen and oxygen atoms in total. The van der Waals surface area contributed by atoms with Crippen molar-refractivity contribution in [2.24, 2.45) is 10.2 Å². The van der Waals surface area contributed by atoms with E-state index in [0.717, 1.165) is 43.6 Å². The predicted molar refractivity (Wildman–Crippen MR) is 110 cm³/mol. The van der Waals surface area contributed by atoms with Crippen molar-refractivity contribution in [3.05, 3.63) is 34.9 Å². The highest BCUT2D eigenvalue weighted by Gasteiger charge is 2.37. The second-order valence-corrected chi connectivity index (χ2v) is 8.52. The second kappa shape index (κ2) is 7.41. The smallest absolute Gasteiger partial charge is 0.272 e. The van der Waals surface area contributed by atoms with Gasteiger partial charge in [-0.1, -0.05) is 18.6 Å². The Labute approximate surface area is 166 Å². The lowest BCUT2D eigenvalue weighted by molar-refractivity contribution is -0.116. The van der Waals surface area contributed by atoms with Gasteiger partial charge in [-0.15, -0.1) is 5.10 Å². The maximum Gasteiger partial charge on any atom is 0.272 e. The van der Waals surface area contributed by atoms with E-state index in [9.17, 15) is 4.79 Å². The molecule has 2 bridgehead atoms. The van der Waals surface area contributed by atoms with Gasteiger partial charge in [0.05, 0.1) is 18.9 Å². The summed E-state index contributed by atoms with van der Waals surface area (Å²) in [6.07, 6.45) is 13.9. The summed E-state index contributed by atoms with van der Waals surface area (Å²) in [6.45, 7) is 1.42. The minimum absolute atomic E-state index is 0.0696. The summed E-state index contributed by atoms with van der Waals surface area (Å²) in [4.78, 5) is 15.5. The van der Waals surface area contributed by atoms with Gasteiger partial charge >= 0.3 is 0 Å². The van der Waals surface area contributed by atoms with Gasteiger partial charge in [-0.05, 0) is 56.4 Å². The monoisotopic (exact) mass is 380 g/mol. The third-order valence-electron chi connectivity index (χ3n) is 6.88. The molecule has 0 radical (unpaired) electrons. The van der Waals surface area contributed by atoms with Crippen molar-refractivity contribution in [2.75, 3.05) is 20.3 Å². The van der Waals surface area contributed by atoms with Crippen LogP contribution in [0.5, 0.6) is 0 Å². The Bertz CT molecular complexity index is 821. The standard InChI is InChI=1S/C22H28N4O2/c1-26-17-3-2-4-18(26)13-16(12-17)23-22(27)21-19-11-15(5-6-20(19)24-25-21)14-7-9-28-10-8-14/h5,7,11,16-18H,2-4,6,8-10,12-13H2,1H3,(H,23,27). The van der Waals surface area contributed by atoms with Crippen molar-refractivity contribution >= 4 is 17.3 Å². The summed E-state index contributed by atoms with van der Waals surface area (Å²) in [5, 5.41) is 11.8. The summed E-state index contributed by atoms with van der Waals surface area (Å²) >= 11 is 0. The SMILES string of the molecule is CN1C2CCCC1CC(NC(=O)C1=NN=C3CC=C(C4=CCOCC4)C=C31)C2. The second-order valence-electron chi connectivity index (χ2n) is 8.52. The number of fused-ring (bicyclic) bond motifs is 3. The number of rotatable bonds is 3. The molecule has 5 rings (SSSR count). The number of hydrogen-bond donors (Lipinski definition) is 1. The van der Waals surface area contributed by atoms with E-state index >= 15 is 0 Å². The molecular formula is C22H28N4O2. The van der Waals surface area contributed by atoms with Crippen LogP contribution >= 0.6 is 0 Å². The molecule has 0 aromatic heterocycles. The Morgan fingerprint density at radius 1 is 1.21 bits per heavy atom. The maximum absolute atomic E-state index is 13.0. The zero-order valence-corrected chi connectivity index (χ0v) is 16.5. The first-order valence-electron chi connectivity index (χ1n) is 10.6. The number of carbonyl (C=O) groups excluding carboxylic acids is 1. The maximum atomic E-state index is 13.0. The highest BCUT2D eigenvalue weighted by molar-refractivity contribution is 6.53. The average molecular weight is 380 g/mol. The Morgan fingerprint density at radius 3 is 2.79 bits per heavy atom. The molecule has 0 saturated carbocycles. The van der Waals surface area contributed by atoms with Crippen LogP contribution in [0.2, 0.25) is 0 Å². The van der Waals surface area contributed by atoms with E-state index in [1.54, 1.807) is 0 Å². The van der Waals surface area contributed by atoms with Crippen LogP contribution in [0.15, 0.2) is 45.2 Å². The summed E-state index contributed by atoms with van der Waals surface area (Å²) in [5.41, 5.74) is 4.77. The van der Waals surface area contributed by atoms with E-state index in [1.807, 2.05) is 0 Å². The first-order valence-corrected chi connectivity index (χ1v) is 10.6. The van der Waals surface area contributed by atoms with Crippen LogP contribution in [-0.2, 0) is 9.53 Å². The molecular weight excluding hydrogens is 352 g/mol. The number of piperidine rings is 2. The van der Waals surface area contributed by atoms with Crippen molar-refractivity contribution in [2.45, 2.75) is 63.1 Å². The van der Waals surface area contributed by atoms with E-state index in [1.165, 1.54) is 30.4 Å². The number of nitrogens with one attached hydrogen (secondary N) is 1. The lowest BCUT2D eigenvalue weighted by Gasteiger charge is -2.47. The van der Waals surface area contributed by atoms with Crippen molar-refractivity contribution in [1.82, 2.24) is 10.2 Å². The fourth-order valence-corrected chi connectivity index (χ4v) is 5.25. The quantitative estimate of drug-likeness (QED) is 0.818. The largest absolute Gasteiger partial charge is 0.377 e. The average Bonchev–Trinajstić information content (AvgIpc) is 3.13. The minimum atomic E-state index is -0.0696. The number of hydrogen-bond acceptors (Lipinski definition) is 5. The van der Waals surface area contributed by atoms with Gasteiger partial charge in [-0.3, -0.25) is 4.79 Å². The van der Waals surface area contributed by atoms with Crippen LogP contribution in [0.4, 0.5) is 0 Å². The highest BCUT2D eigenvalue weighted by Crippen LogP contribution is 2.33. The van der Waals surface area contributed by atoms with Crippen LogP contribution in [0.3, 0.4) is 0 Å². The number of allylic oxidation sites excluding steroid dienone is 3. The van der Waals surface area contributed by atoms with Crippen LogP contribution in [0.1, 0.15) is 44.9 Å². The van der Waals surface area contributed by atoms with E-state index in [-0.39, 0.29) is 11.9 Å². The molecule has 1 aliphatic carbocycles. The number of carbonyl (C=O) groups is 1. The number of amides is 1. The zero-order chi connectivity index (χ0) is 19.1.